The summed E-state index contributed by atoms with van der Waals surface area (Å²) in [5, 5.41) is 18.2. The van der Waals surface area contributed by atoms with E-state index >= 15 is 0 Å². The zero-order chi connectivity index (χ0) is 13.7. The van der Waals surface area contributed by atoms with Crippen molar-refractivity contribution >= 4 is 18.6 Å². The molecular weight excluding hydrogens is 233 g/mol. The number of fused-ring (bicyclic) bond motifs is 1. The van der Waals surface area contributed by atoms with Crippen LogP contribution in [0.1, 0.15) is 25.0 Å². The third-order valence-corrected chi connectivity index (χ3v) is 2.72. The number of hydrogen-bond acceptors (Lipinski definition) is 4. The maximum atomic E-state index is 10.7. The molecule has 0 fully saturated rings. The minimum atomic E-state index is -1.03. The number of carbonyl (C=O) groups is 1. The second kappa shape index (κ2) is 6.54. The number of aliphatic carboxylic acids is 1. The fourth-order valence-electron chi connectivity index (χ4n) is 1.83. The van der Waals surface area contributed by atoms with Gasteiger partial charge < -0.3 is 20.5 Å². The monoisotopic (exact) mass is 251 g/mol. The highest BCUT2D eigenvalue weighted by molar-refractivity contribution is 6.61. The van der Waals surface area contributed by atoms with E-state index in [0.29, 0.717) is 12.1 Å². The van der Waals surface area contributed by atoms with Crippen LogP contribution >= 0.6 is 0 Å². The van der Waals surface area contributed by atoms with E-state index in [0.717, 1.165) is 11.1 Å². The Hall–Kier alpha value is -1.37. The van der Waals surface area contributed by atoms with Gasteiger partial charge in [0.1, 0.15) is 6.04 Å². The van der Waals surface area contributed by atoms with Gasteiger partial charge in [-0.1, -0.05) is 32.0 Å². The average Bonchev–Trinajstić information content (AvgIpc) is 2.75. The lowest BCUT2D eigenvalue weighted by Crippen LogP contribution is -2.33. The van der Waals surface area contributed by atoms with Crippen molar-refractivity contribution in [3.05, 3.63) is 29.3 Å². The molecule has 0 radical (unpaired) electrons. The summed E-state index contributed by atoms with van der Waals surface area (Å²) in [6.45, 7) is 4.30. The smallest absolute Gasteiger partial charge is 0.480 e. The van der Waals surface area contributed by atoms with Gasteiger partial charge in [-0.2, -0.15) is 0 Å². The first-order valence-corrected chi connectivity index (χ1v) is 5.98. The highest BCUT2D eigenvalue weighted by atomic mass is 16.5. The van der Waals surface area contributed by atoms with Gasteiger partial charge in [-0.15, -0.1) is 0 Å². The lowest BCUT2D eigenvalue weighted by Gasteiger charge is -2.10. The molecule has 0 amide bonds. The Bertz CT molecular complexity index is 425. The van der Waals surface area contributed by atoms with Crippen LogP contribution in [-0.4, -0.2) is 29.3 Å². The normalized spacial score (nSPS) is 14.6. The average molecular weight is 251 g/mol. The van der Waals surface area contributed by atoms with Crippen LogP contribution in [0.25, 0.3) is 0 Å². The Labute approximate surface area is 107 Å². The predicted molar refractivity (Wildman–Crippen MR) is 69.5 cm³/mol. The lowest BCUT2D eigenvalue weighted by atomic mass is 9.78. The van der Waals surface area contributed by atoms with Crippen molar-refractivity contribution < 1.29 is 19.6 Å². The Morgan fingerprint density at radius 2 is 2.22 bits per heavy atom. The van der Waals surface area contributed by atoms with Crippen LogP contribution in [-0.2, 0) is 22.5 Å². The van der Waals surface area contributed by atoms with E-state index in [1.165, 1.54) is 0 Å². The molecule has 0 saturated heterocycles. The molecule has 1 unspecified atom stereocenters. The first kappa shape index (κ1) is 14.7. The van der Waals surface area contributed by atoms with E-state index in [1.54, 1.807) is 12.1 Å². The standard InChI is InChI=1S/C10H12BNO4.C2H6/c12-9(10(13)14)4-6-2-1-3-8-7(6)5-16-11(8)15;1-2/h1-3,9,15H,4-5,12H2,(H,13,14);1-2H3. The van der Waals surface area contributed by atoms with E-state index in [9.17, 15) is 9.82 Å². The molecule has 4 N–H and O–H groups in total. The van der Waals surface area contributed by atoms with Crippen molar-refractivity contribution in [2.45, 2.75) is 32.9 Å². The summed E-state index contributed by atoms with van der Waals surface area (Å²) < 4.78 is 5.07. The lowest BCUT2D eigenvalue weighted by molar-refractivity contribution is -0.138. The minimum absolute atomic E-state index is 0.245. The van der Waals surface area contributed by atoms with E-state index in [2.05, 4.69) is 0 Å². The number of nitrogens with two attached hydrogens (primary N) is 1. The van der Waals surface area contributed by atoms with Crippen LogP contribution in [0, 0.1) is 0 Å². The predicted octanol–water partition coefficient (Wildman–Crippen LogP) is -0.115. The van der Waals surface area contributed by atoms with Gasteiger partial charge in [-0.05, 0) is 23.0 Å². The third-order valence-electron chi connectivity index (χ3n) is 2.72. The van der Waals surface area contributed by atoms with Crippen LogP contribution in [0.4, 0.5) is 0 Å². The molecule has 1 aliphatic heterocycles. The summed E-state index contributed by atoms with van der Waals surface area (Å²) in [6.07, 6.45) is 0.245. The first-order valence-electron chi connectivity index (χ1n) is 5.98. The second-order valence-electron chi connectivity index (χ2n) is 3.80. The largest absolute Gasteiger partial charge is 0.491 e. The van der Waals surface area contributed by atoms with Gasteiger partial charge in [-0.3, -0.25) is 4.79 Å². The molecule has 0 aliphatic carbocycles. The summed E-state index contributed by atoms with van der Waals surface area (Å²) >= 11 is 0. The molecule has 0 aromatic heterocycles. The summed E-state index contributed by atoms with van der Waals surface area (Å²) in [6, 6.07) is 4.41. The van der Waals surface area contributed by atoms with E-state index < -0.39 is 19.1 Å². The van der Waals surface area contributed by atoms with Crippen molar-refractivity contribution in [2.24, 2.45) is 5.73 Å². The van der Waals surface area contributed by atoms with Crippen LogP contribution in [0.3, 0.4) is 0 Å². The van der Waals surface area contributed by atoms with Gasteiger partial charge in [0.15, 0.2) is 0 Å². The minimum Gasteiger partial charge on any atom is -0.480 e. The van der Waals surface area contributed by atoms with Crippen molar-refractivity contribution in [1.29, 1.82) is 0 Å². The fourth-order valence-corrected chi connectivity index (χ4v) is 1.83. The van der Waals surface area contributed by atoms with E-state index in [4.69, 9.17) is 15.5 Å². The molecule has 1 atom stereocenters. The molecule has 0 spiro atoms. The zero-order valence-electron chi connectivity index (χ0n) is 10.6. The summed E-state index contributed by atoms with van der Waals surface area (Å²) in [4.78, 5) is 10.7. The molecule has 98 valence electrons. The van der Waals surface area contributed by atoms with Crippen molar-refractivity contribution in [3.63, 3.8) is 0 Å². The van der Waals surface area contributed by atoms with Crippen LogP contribution < -0.4 is 11.2 Å². The second-order valence-corrected chi connectivity index (χ2v) is 3.80. The molecule has 1 aliphatic rings. The molecule has 1 heterocycles. The molecule has 5 nitrogen and oxygen atoms in total. The Morgan fingerprint density at radius 3 is 2.83 bits per heavy atom. The maximum Gasteiger partial charge on any atom is 0.491 e. The van der Waals surface area contributed by atoms with Crippen LogP contribution in [0.2, 0.25) is 0 Å². The van der Waals surface area contributed by atoms with Crippen molar-refractivity contribution in [2.75, 3.05) is 0 Å². The summed E-state index contributed by atoms with van der Waals surface area (Å²) in [7, 11) is -0.906. The molecule has 1 aromatic carbocycles. The number of hydrogen-bond donors (Lipinski definition) is 3. The maximum absolute atomic E-state index is 10.7. The number of carboxylic acids is 1. The highest BCUT2D eigenvalue weighted by Gasteiger charge is 2.29. The summed E-state index contributed by atoms with van der Waals surface area (Å²) in [5.74, 6) is -1.03. The molecule has 2 rings (SSSR count). The molecule has 6 heteroatoms. The third kappa shape index (κ3) is 3.10. The summed E-state index contributed by atoms with van der Waals surface area (Å²) in [5.41, 5.74) is 7.85. The van der Waals surface area contributed by atoms with E-state index in [-0.39, 0.29) is 6.42 Å². The molecule has 0 bridgehead atoms. The number of benzene rings is 1. The molecular formula is C12H18BNO4. The Morgan fingerprint density at radius 1 is 1.56 bits per heavy atom. The Kier molecular flexibility index (Phi) is 5.34. The van der Waals surface area contributed by atoms with E-state index in [1.807, 2.05) is 19.9 Å². The molecule has 0 saturated carbocycles. The zero-order valence-corrected chi connectivity index (χ0v) is 10.6. The van der Waals surface area contributed by atoms with Gasteiger partial charge in [0, 0.05) is 0 Å². The number of rotatable bonds is 3. The van der Waals surface area contributed by atoms with Crippen molar-refractivity contribution in [3.8, 4) is 0 Å². The fraction of sp³-hybridized carbons (Fsp3) is 0.417. The highest BCUT2D eigenvalue weighted by Crippen LogP contribution is 2.16. The van der Waals surface area contributed by atoms with Crippen molar-refractivity contribution in [1.82, 2.24) is 0 Å². The van der Waals surface area contributed by atoms with Gasteiger partial charge in [0.25, 0.3) is 0 Å². The SMILES string of the molecule is CC.NC(Cc1cccc2c1COB2O)C(=O)O. The first-order chi connectivity index (χ1) is 8.59. The van der Waals surface area contributed by atoms with Gasteiger partial charge in [0.05, 0.1) is 6.61 Å². The molecule has 1 aromatic rings. The quantitative estimate of drug-likeness (QED) is 0.651. The topological polar surface area (TPSA) is 92.8 Å². The number of carboxylic acid groups (broad SMARTS) is 1. The van der Waals surface area contributed by atoms with Gasteiger partial charge in [0.2, 0.25) is 0 Å². The Balaban J connectivity index is 0.000000771. The van der Waals surface area contributed by atoms with Gasteiger partial charge in [-0.25, -0.2) is 0 Å². The van der Waals surface area contributed by atoms with Gasteiger partial charge >= 0.3 is 13.1 Å². The van der Waals surface area contributed by atoms with Crippen LogP contribution in [0.5, 0.6) is 0 Å². The molecule has 18 heavy (non-hydrogen) atoms. The van der Waals surface area contributed by atoms with Crippen LogP contribution in [0.15, 0.2) is 18.2 Å².